The number of hydrogen-bond donors (Lipinski definition) is 0. The van der Waals surface area contributed by atoms with Crippen LogP contribution in [0, 0.1) is 5.92 Å². The summed E-state index contributed by atoms with van der Waals surface area (Å²) >= 11 is 0. The third-order valence-electron chi connectivity index (χ3n) is 7.18. The lowest BCUT2D eigenvalue weighted by Gasteiger charge is -2.40. The van der Waals surface area contributed by atoms with Crippen LogP contribution in [0.4, 0.5) is 18.9 Å². The van der Waals surface area contributed by atoms with E-state index in [1.807, 2.05) is 18.2 Å². The molecule has 34 heavy (non-hydrogen) atoms. The number of anilines is 1. The molecular formula is C24H28F3N3O4. The first kappa shape index (κ1) is 23.2. The Labute approximate surface area is 195 Å². The van der Waals surface area contributed by atoms with Crippen molar-refractivity contribution in [2.45, 2.75) is 37.6 Å². The molecule has 0 saturated carbocycles. The number of methoxy groups -OCH3 is 1. The summed E-state index contributed by atoms with van der Waals surface area (Å²) in [4.78, 5) is 21.7. The molecule has 7 nitrogen and oxygen atoms in total. The zero-order valence-electron chi connectivity index (χ0n) is 19.1. The van der Waals surface area contributed by atoms with Crippen molar-refractivity contribution in [3.8, 4) is 5.75 Å². The fourth-order valence-electron chi connectivity index (χ4n) is 5.22. The van der Waals surface area contributed by atoms with Crippen LogP contribution in [0.5, 0.6) is 5.75 Å². The minimum absolute atomic E-state index is 0.0728. The SMILES string of the molecule is COc1ccc2ncc(C(=O)N3CCC(C(F)(F)F)CC3)c(N3CCC4(CC3)OCCO4)c2c1. The van der Waals surface area contributed by atoms with Crippen LogP contribution >= 0.6 is 0 Å². The molecule has 184 valence electrons. The lowest BCUT2D eigenvalue weighted by molar-refractivity contribution is -0.183. The Morgan fingerprint density at radius 2 is 1.79 bits per heavy atom. The molecule has 0 bridgehead atoms. The zero-order chi connectivity index (χ0) is 23.9. The van der Waals surface area contributed by atoms with Crippen LogP contribution in [0.1, 0.15) is 36.0 Å². The summed E-state index contributed by atoms with van der Waals surface area (Å²) in [6.45, 7) is 2.53. The standard InChI is InChI=1S/C24H28F3N3O4/c1-32-17-2-3-20-18(14-17)21(29-10-6-23(7-11-29)33-12-13-34-23)19(15-28-20)22(31)30-8-4-16(5-9-30)24(25,26)27/h2-3,14-16H,4-13H2,1H3. The van der Waals surface area contributed by atoms with Crippen LogP contribution in [-0.4, -0.2) is 74.3 Å². The summed E-state index contributed by atoms with van der Waals surface area (Å²) in [6.07, 6.45) is -1.53. The first-order chi connectivity index (χ1) is 16.3. The van der Waals surface area contributed by atoms with Crippen LogP contribution in [0.2, 0.25) is 0 Å². The van der Waals surface area contributed by atoms with Crippen molar-refractivity contribution < 1.29 is 32.2 Å². The van der Waals surface area contributed by atoms with E-state index in [4.69, 9.17) is 14.2 Å². The van der Waals surface area contributed by atoms with Crippen LogP contribution in [0.25, 0.3) is 10.9 Å². The highest BCUT2D eigenvalue weighted by Gasteiger charge is 2.43. The summed E-state index contributed by atoms with van der Waals surface area (Å²) < 4.78 is 56.5. The monoisotopic (exact) mass is 479 g/mol. The van der Waals surface area contributed by atoms with Gasteiger partial charge in [0.15, 0.2) is 5.79 Å². The van der Waals surface area contributed by atoms with Crippen molar-refractivity contribution in [3.63, 3.8) is 0 Å². The molecule has 0 atom stereocenters. The lowest BCUT2D eigenvalue weighted by atomic mass is 9.95. The number of aromatic nitrogens is 1. The molecule has 3 saturated heterocycles. The average molecular weight is 479 g/mol. The van der Waals surface area contributed by atoms with Gasteiger partial charge >= 0.3 is 6.18 Å². The zero-order valence-corrected chi connectivity index (χ0v) is 19.1. The van der Waals surface area contributed by atoms with Crippen LogP contribution in [0.15, 0.2) is 24.4 Å². The van der Waals surface area contributed by atoms with Gasteiger partial charge in [0.05, 0.1) is 43.0 Å². The molecule has 3 aliphatic heterocycles. The van der Waals surface area contributed by atoms with Gasteiger partial charge in [-0.15, -0.1) is 0 Å². The molecule has 0 N–H and O–H groups in total. The second kappa shape index (κ2) is 8.88. The Morgan fingerprint density at radius 3 is 2.41 bits per heavy atom. The molecule has 3 aliphatic rings. The molecule has 5 rings (SSSR count). The number of rotatable bonds is 3. The molecule has 1 aromatic heterocycles. The Kier molecular flexibility index (Phi) is 6.05. The fraction of sp³-hybridized carbons (Fsp3) is 0.583. The topological polar surface area (TPSA) is 64.1 Å². The van der Waals surface area contributed by atoms with E-state index in [1.54, 1.807) is 13.3 Å². The minimum atomic E-state index is -4.23. The summed E-state index contributed by atoms with van der Waals surface area (Å²) in [5.41, 5.74) is 1.85. The molecule has 10 heteroatoms. The smallest absolute Gasteiger partial charge is 0.391 e. The number of pyridine rings is 1. The van der Waals surface area contributed by atoms with E-state index in [-0.39, 0.29) is 31.8 Å². The third-order valence-corrected chi connectivity index (χ3v) is 7.18. The Balaban J connectivity index is 1.47. The van der Waals surface area contributed by atoms with E-state index < -0.39 is 17.9 Å². The van der Waals surface area contributed by atoms with Crippen molar-refractivity contribution >= 4 is 22.5 Å². The number of fused-ring (bicyclic) bond motifs is 1. The van der Waals surface area contributed by atoms with Crippen molar-refractivity contribution in [3.05, 3.63) is 30.0 Å². The number of alkyl halides is 3. The molecule has 1 aromatic carbocycles. The third kappa shape index (κ3) is 4.29. The molecule has 4 heterocycles. The molecule has 3 fully saturated rings. The van der Waals surface area contributed by atoms with Gasteiger partial charge in [-0.05, 0) is 31.0 Å². The maximum Gasteiger partial charge on any atom is 0.391 e. The van der Waals surface area contributed by atoms with Crippen LogP contribution in [-0.2, 0) is 9.47 Å². The van der Waals surface area contributed by atoms with Gasteiger partial charge in [-0.25, -0.2) is 0 Å². The summed E-state index contributed by atoms with van der Waals surface area (Å²) in [5.74, 6) is -1.58. The quantitative estimate of drug-likeness (QED) is 0.663. The van der Waals surface area contributed by atoms with Gasteiger partial charge in [-0.1, -0.05) is 0 Å². The summed E-state index contributed by atoms with van der Waals surface area (Å²) in [6, 6.07) is 5.51. The van der Waals surface area contributed by atoms with Crippen molar-refractivity contribution in [1.29, 1.82) is 0 Å². The number of carbonyl (C=O) groups is 1. The fourth-order valence-corrected chi connectivity index (χ4v) is 5.22. The largest absolute Gasteiger partial charge is 0.497 e. The van der Waals surface area contributed by atoms with E-state index in [9.17, 15) is 18.0 Å². The van der Waals surface area contributed by atoms with E-state index >= 15 is 0 Å². The first-order valence-corrected chi connectivity index (χ1v) is 11.7. The van der Waals surface area contributed by atoms with E-state index in [0.717, 1.165) is 16.6 Å². The number of likely N-dealkylation sites (tertiary alicyclic amines) is 1. The number of hydrogen-bond acceptors (Lipinski definition) is 6. The number of piperidine rings is 2. The Morgan fingerprint density at radius 1 is 1.12 bits per heavy atom. The first-order valence-electron chi connectivity index (χ1n) is 11.7. The van der Waals surface area contributed by atoms with Gasteiger partial charge in [-0.3, -0.25) is 9.78 Å². The summed E-state index contributed by atoms with van der Waals surface area (Å²) in [5, 5.41) is 0.777. The Hall–Kier alpha value is -2.59. The number of ether oxygens (including phenoxy) is 3. The Bertz CT molecular complexity index is 1050. The predicted octanol–water partition coefficient (Wildman–Crippen LogP) is 4.00. The highest BCUT2D eigenvalue weighted by molar-refractivity contribution is 6.07. The van der Waals surface area contributed by atoms with Gasteiger partial charge in [0.1, 0.15) is 5.75 Å². The summed E-state index contributed by atoms with van der Waals surface area (Å²) in [7, 11) is 1.58. The predicted molar refractivity (Wildman–Crippen MR) is 119 cm³/mol. The van der Waals surface area contributed by atoms with Gasteiger partial charge in [0, 0.05) is 50.6 Å². The number of nitrogens with zero attached hydrogens (tertiary/aromatic N) is 3. The maximum atomic E-state index is 13.6. The second-order valence-corrected chi connectivity index (χ2v) is 9.11. The highest BCUT2D eigenvalue weighted by Crippen LogP contribution is 2.39. The van der Waals surface area contributed by atoms with Gasteiger partial charge in [0.2, 0.25) is 0 Å². The van der Waals surface area contributed by atoms with E-state index in [0.29, 0.717) is 50.5 Å². The van der Waals surface area contributed by atoms with Crippen LogP contribution < -0.4 is 9.64 Å². The van der Waals surface area contributed by atoms with Crippen LogP contribution in [0.3, 0.4) is 0 Å². The molecular weight excluding hydrogens is 451 g/mol. The molecule has 2 aromatic rings. The van der Waals surface area contributed by atoms with Gasteiger partial charge in [-0.2, -0.15) is 13.2 Å². The maximum absolute atomic E-state index is 13.6. The minimum Gasteiger partial charge on any atom is -0.497 e. The molecule has 0 unspecified atom stereocenters. The highest BCUT2D eigenvalue weighted by atomic mass is 19.4. The number of halogens is 3. The normalized spacial score (nSPS) is 21.4. The molecule has 0 aliphatic carbocycles. The van der Waals surface area contributed by atoms with Crippen molar-refractivity contribution in [1.82, 2.24) is 9.88 Å². The van der Waals surface area contributed by atoms with Crippen molar-refractivity contribution in [2.24, 2.45) is 5.92 Å². The lowest BCUT2D eigenvalue weighted by Crippen LogP contribution is -2.46. The second-order valence-electron chi connectivity index (χ2n) is 9.11. The number of benzene rings is 1. The van der Waals surface area contributed by atoms with E-state index in [1.165, 1.54) is 4.90 Å². The van der Waals surface area contributed by atoms with Crippen molar-refractivity contribution in [2.75, 3.05) is 51.4 Å². The number of carbonyl (C=O) groups excluding carboxylic acids is 1. The average Bonchev–Trinajstić information content (AvgIpc) is 3.30. The molecule has 1 spiro atoms. The van der Waals surface area contributed by atoms with Gasteiger partial charge < -0.3 is 24.0 Å². The number of amides is 1. The van der Waals surface area contributed by atoms with E-state index in [2.05, 4.69) is 9.88 Å². The molecule has 0 radical (unpaired) electrons. The van der Waals surface area contributed by atoms with Gasteiger partial charge in [0.25, 0.3) is 5.91 Å². The molecule has 1 amide bonds.